The van der Waals surface area contributed by atoms with Gasteiger partial charge in [0.25, 0.3) is 5.91 Å². The van der Waals surface area contributed by atoms with E-state index in [4.69, 9.17) is 16.3 Å². The second-order valence-electron chi connectivity index (χ2n) is 4.06. The average Bonchev–Trinajstić information content (AvgIpc) is 2.49. The van der Waals surface area contributed by atoms with Crippen LogP contribution in [0.15, 0.2) is 42.5 Å². The molecular formula is C15H10N4O. The SMILES string of the molecule is N#Cc1ccc(C(=O)Nc2ccc(C#N)cc2N)cc1. The van der Waals surface area contributed by atoms with Gasteiger partial charge in [-0.2, -0.15) is 10.5 Å². The topological polar surface area (TPSA) is 103 Å². The third-order valence-corrected chi connectivity index (χ3v) is 2.71. The monoisotopic (exact) mass is 262 g/mol. The number of hydrogen-bond donors (Lipinski definition) is 2. The van der Waals surface area contributed by atoms with Crippen molar-refractivity contribution >= 4 is 17.3 Å². The van der Waals surface area contributed by atoms with Crippen molar-refractivity contribution in [2.45, 2.75) is 0 Å². The molecular weight excluding hydrogens is 252 g/mol. The summed E-state index contributed by atoms with van der Waals surface area (Å²) in [7, 11) is 0. The maximum atomic E-state index is 12.0. The van der Waals surface area contributed by atoms with Gasteiger partial charge in [-0.05, 0) is 42.5 Å². The highest BCUT2D eigenvalue weighted by Crippen LogP contribution is 2.20. The molecule has 1 amide bonds. The number of carbonyl (C=O) groups is 1. The smallest absolute Gasteiger partial charge is 0.255 e. The van der Waals surface area contributed by atoms with Crippen molar-refractivity contribution < 1.29 is 4.79 Å². The minimum atomic E-state index is -0.328. The number of benzene rings is 2. The Hall–Kier alpha value is -3.31. The molecule has 2 aromatic carbocycles. The first-order valence-electron chi connectivity index (χ1n) is 5.75. The Morgan fingerprint density at radius 2 is 1.60 bits per heavy atom. The predicted molar refractivity (Wildman–Crippen MR) is 74.7 cm³/mol. The lowest BCUT2D eigenvalue weighted by Crippen LogP contribution is -2.13. The molecule has 96 valence electrons. The van der Waals surface area contributed by atoms with E-state index < -0.39 is 0 Å². The molecule has 2 rings (SSSR count). The van der Waals surface area contributed by atoms with Crippen LogP contribution in [0, 0.1) is 22.7 Å². The first kappa shape index (κ1) is 13.1. The summed E-state index contributed by atoms with van der Waals surface area (Å²) in [6.07, 6.45) is 0. The highest BCUT2D eigenvalue weighted by Gasteiger charge is 2.08. The number of hydrogen-bond acceptors (Lipinski definition) is 4. The molecule has 0 atom stereocenters. The molecule has 0 unspecified atom stereocenters. The third kappa shape index (κ3) is 2.74. The summed E-state index contributed by atoms with van der Waals surface area (Å²) in [5, 5.41) is 20.1. The van der Waals surface area contributed by atoms with Gasteiger partial charge in [0.15, 0.2) is 0 Å². The fourth-order valence-electron chi connectivity index (χ4n) is 1.64. The summed E-state index contributed by atoms with van der Waals surface area (Å²) in [4.78, 5) is 12.0. The number of nitriles is 2. The molecule has 0 radical (unpaired) electrons. The zero-order valence-corrected chi connectivity index (χ0v) is 10.4. The van der Waals surface area contributed by atoms with Crippen molar-refractivity contribution in [3.05, 3.63) is 59.2 Å². The van der Waals surface area contributed by atoms with E-state index in [2.05, 4.69) is 5.32 Å². The number of nitrogens with one attached hydrogen (secondary N) is 1. The van der Waals surface area contributed by atoms with Crippen LogP contribution in [0.4, 0.5) is 11.4 Å². The zero-order valence-electron chi connectivity index (χ0n) is 10.4. The number of anilines is 2. The van der Waals surface area contributed by atoms with Crippen LogP contribution in [-0.4, -0.2) is 5.91 Å². The zero-order chi connectivity index (χ0) is 14.5. The largest absolute Gasteiger partial charge is 0.397 e. The molecule has 0 fully saturated rings. The molecule has 0 bridgehead atoms. The number of amides is 1. The van der Waals surface area contributed by atoms with Gasteiger partial charge in [-0.1, -0.05) is 0 Å². The molecule has 0 spiro atoms. The average molecular weight is 262 g/mol. The normalized spacial score (nSPS) is 9.30. The molecule has 3 N–H and O–H groups in total. The van der Waals surface area contributed by atoms with Crippen molar-refractivity contribution in [1.29, 1.82) is 10.5 Å². The van der Waals surface area contributed by atoms with Crippen LogP contribution in [-0.2, 0) is 0 Å². The quantitative estimate of drug-likeness (QED) is 0.810. The number of nitrogens with zero attached hydrogens (tertiary/aromatic N) is 2. The third-order valence-electron chi connectivity index (χ3n) is 2.71. The Kier molecular flexibility index (Phi) is 3.65. The second-order valence-corrected chi connectivity index (χ2v) is 4.06. The number of carbonyl (C=O) groups excluding carboxylic acids is 1. The van der Waals surface area contributed by atoms with E-state index in [1.54, 1.807) is 36.4 Å². The summed E-state index contributed by atoms with van der Waals surface area (Å²) < 4.78 is 0. The van der Waals surface area contributed by atoms with Gasteiger partial charge in [-0.25, -0.2) is 0 Å². The Balaban J connectivity index is 2.19. The van der Waals surface area contributed by atoms with E-state index in [-0.39, 0.29) is 5.91 Å². The lowest BCUT2D eigenvalue weighted by Gasteiger charge is -2.08. The standard InChI is InChI=1S/C15H10N4O/c16-8-10-1-4-12(5-2-10)15(20)19-14-6-3-11(9-17)7-13(14)18/h1-7H,18H2,(H,19,20). The lowest BCUT2D eigenvalue weighted by molar-refractivity contribution is 0.102. The van der Waals surface area contributed by atoms with Gasteiger partial charge in [0.05, 0.1) is 34.6 Å². The minimum Gasteiger partial charge on any atom is -0.397 e. The first-order valence-corrected chi connectivity index (χ1v) is 5.75. The fraction of sp³-hybridized carbons (Fsp3) is 0. The summed E-state index contributed by atoms with van der Waals surface area (Å²) in [6, 6.07) is 14.9. The minimum absolute atomic E-state index is 0.325. The van der Waals surface area contributed by atoms with Crippen molar-refractivity contribution in [3.8, 4) is 12.1 Å². The van der Waals surface area contributed by atoms with Crippen LogP contribution in [0.5, 0.6) is 0 Å². The summed E-state index contributed by atoms with van der Waals surface area (Å²) in [5.74, 6) is -0.328. The molecule has 5 heteroatoms. The Bertz CT molecular complexity index is 736. The van der Waals surface area contributed by atoms with Gasteiger partial charge in [0.2, 0.25) is 0 Å². The second kappa shape index (κ2) is 5.55. The van der Waals surface area contributed by atoms with E-state index in [1.807, 2.05) is 12.1 Å². The van der Waals surface area contributed by atoms with Crippen LogP contribution >= 0.6 is 0 Å². The van der Waals surface area contributed by atoms with Gasteiger partial charge in [0, 0.05) is 5.56 Å². The summed E-state index contributed by atoms with van der Waals surface area (Å²) >= 11 is 0. The molecule has 0 saturated carbocycles. The molecule has 0 saturated heterocycles. The van der Waals surface area contributed by atoms with Crippen molar-refractivity contribution in [2.75, 3.05) is 11.1 Å². The van der Waals surface area contributed by atoms with Crippen LogP contribution in [0.2, 0.25) is 0 Å². The van der Waals surface area contributed by atoms with Crippen molar-refractivity contribution in [3.63, 3.8) is 0 Å². The van der Waals surface area contributed by atoms with Gasteiger partial charge in [0.1, 0.15) is 0 Å². The van der Waals surface area contributed by atoms with Crippen LogP contribution in [0.25, 0.3) is 0 Å². The number of rotatable bonds is 2. The van der Waals surface area contributed by atoms with Gasteiger partial charge < -0.3 is 11.1 Å². The van der Waals surface area contributed by atoms with Gasteiger partial charge >= 0.3 is 0 Å². The fourth-order valence-corrected chi connectivity index (χ4v) is 1.64. The van der Waals surface area contributed by atoms with E-state index >= 15 is 0 Å². The number of nitrogens with two attached hydrogens (primary N) is 1. The van der Waals surface area contributed by atoms with Crippen LogP contribution < -0.4 is 11.1 Å². The van der Waals surface area contributed by atoms with E-state index in [0.717, 1.165) is 0 Å². The van der Waals surface area contributed by atoms with Crippen LogP contribution in [0.3, 0.4) is 0 Å². The highest BCUT2D eigenvalue weighted by atomic mass is 16.1. The van der Waals surface area contributed by atoms with Crippen molar-refractivity contribution in [2.24, 2.45) is 0 Å². The molecule has 0 aromatic heterocycles. The lowest BCUT2D eigenvalue weighted by atomic mass is 10.1. The van der Waals surface area contributed by atoms with Gasteiger partial charge in [-0.3, -0.25) is 4.79 Å². The highest BCUT2D eigenvalue weighted by molar-refractivity contribution is 6.05. The molecule has 0 heterocycles. The molecule has 20 heavy (non-hydrogen) atoms. The number of nitrogen functional groups attached to an aromatic ring is 1. The molecule has 0 aliphatic heterocycles. The predicted octanol–water partition coefficient (Wildman–Crippen LogP) is 2.26. The van der Waals surface area contributed by atoms with E-state index in [0.29, 0.717) is 28.1 Å². The Morgan fingerprint density at radius 3 is 2.15 bits per heavy atom. The maximum Gasteiger partial charge on any atom is 0.255 e. The molecule has 5 nitrogen and oxygen atoms in total. The summed E-state index contributed by atoms with van der Waals surface area (Å²) in [5.41, 5.74) is 7.87. The molecule has 0 aliphatic rings. The van der Waals surface area contributed by atoms with Gasteiger partial charge in [-0.15, -0.1) is 0 Å². The summed E-state index contributed by atoms with van der Waals surface area (Å²) in [6.45, 7) is 0. The maximum absolute atomic E-state index is 12.0. The van der Waals surface area contributed by atoms with Crippen LogP contribution in [0.1, 0.15) is 21.5 Å². The van der Waals surface area contributed by atoms with Crippen molar-refractivity contribution in [1.82, 2.24) is 0 Å². The van der Waals surface area contributed by atoms with E-state index in [1.165, 1.54) is 6.07 Å². The molecule has 0 aliphatic carbocycles. The first-order chi connectivity index (χ1) is 9.63. The van der Waals surface area contributed by atoms with E-state index in [9.17, 15) is 4.79 Å². The Morgan fingerprint density at radius 1 is 1.00 bits per heavy atom. The molecule has 2 aromatic rings. The Labute approximate surface area is 115 Å².